The van der Waals surface area contributed by atoms with Gasteiger partial charge in [-0.25, -0.2) is 0 Å². The maximum absolute atomic E-state index is 6.51. The standard InChI is InChI=1S/C14H25IO/c1-12-7-9-14(11-15,10-8-12)16-13-5-3-2-4-6-13/h12-13H,2-11H2,1H3. The SMILES string of the molecule is CC1CCC(CI)(OC2CCCCC2)CC1. The molecule has 0 unspecified atom stereocenters. The molecular weight excluding hydrogens is 311 g/mol. The number of hydrogen-bond donors (Lipinski definition) is 0. The molecule has 2 fully saturated rings. The molecule has 0 saturated heterocycles. The number of ether oxygens (including phenoxy) is 1. The van der Waals surface area contributed by atoms with Crippen LogP contribution in [0.3, 0.4) is 0 Å². The molecule has 0 spiro atoms. The number of alkyl halides is 1. The third-order valence-corrected chi connectivity index (χ3v) is 5.79. The summed E-state index contributed by atoms with van der Waals surface area (Å²) >= 11 is 2.54. The van der Waals surface area contributed by atoms with Crippen LogP contribution in [0.1, 0.15) is 64.7 Å². The molecule has 0 aromatic rings. The third-order valence-electron chi connectivity index (χ3n) is 4.40. The van der Waals surface area contributed by atoms with E-state index in [4.69, 9.17) is 4.74 Å². The predicted octanol–water partition coefficient (Wildman–Crippen LogP) is 4.72. The van der Waals surface area contributed by atoms with Crippen LogP contribution in [-0.4, -0.2) is 16.1 Å². The van der Waals surface area contributed by atoms with E-state index in [0.717, 1.165) is 5.92 Å². The molecule has 2 saturated carbocycles. The third kappa shape index (κ3) is 3.34. The second-order valence-electron chi connectivity index (χ2n) is 5.88. The Kier molecular flexibility index (Phi) is 4.95. The van der Waals surface area contributed by atoms with E-state index >= 15 is 0 Å². The molecule has 2 aliphatic carbocycles. The molecule has 0 amide bonds. The van der Waals surface area contributed by atoms with Crippen LogP contribution >= 0.6 is 22.6 Å². The maximum Gasteiger partial charge on any atom is 0.0775 e. The van der Waals surface area contributed by atoms with Gasteiger partial charge < -0.3 is 4.74 Å². The molecule has 1 nitrogen and oxygen atoms in total. The van der Waals surface area contributed by atoms with E-state index < -0.39 is 0 Å². The van der Waals surface area contributed by atoms with E-state index in [2.05, 4.69) is 29.5 Å². The molecule has 94 valence electrons. The fourth-order valence-electron chi connectivity index (χ4n) is 3.11. The molecular formula is C14H25IO. The average molecular weight is 336 g/mol. The van der Waals surface area contributed by atoms with Crippen LogP contribution in [0.2, 0.25) is 0 Å². The smallest absolute Gasteiger partial charge is 0.0775 e. The Morgan fingerprint density at radius 1 is 1.06 bits per heavy atom. The molecule has 0 aliphatic heterocycles. The van der Waals surface area contributed by atoms with Gasteiger partial charge >= 0.3 is 0 Å². The number of rotatable bonds is 3. The fraction of sp³-hybridized carbons (Fsp3) is 1.00. The molecule has 2 rings (SSSR count). The van der Waals surface area contributed by atoms with Crippen LogP contribution in [0, 0.1) is 5.92 Å². The van der Waals surface area contributed by atoms with Gasteiger partial charge in [-0.2, -0.15) is 0 Å². The van der Waals surface area contributed by atoms with Crippen molar-refractivity contribution in [3.05, 3.63) is 0 Å². The summed E-state index contributed by atoms with van der Waals surface area (Å²) in [6, 6.07) is 0. The van der Waals surface area contributed by atoms with Gasteiger partial charge in [0.2, 0.25) is 0 Å². The molecule has 0 N–H and O–H groups in total. The summed E-state index contributed by atoms with van der Waals surface area (Å²) in [5.41, 5.74) is 0.245. The molecule has 0 aromatic carbocycles. The minimum Gasteiger partial charge on any atom is -0.371 e. The van der Waals surface area contributed by atoms with Crippen molar-refractivity contribution in [3.8, 4) is 0 Å². The zero-order chi connectivity index (χ0) is 11.4. The molecule has 0 heterocycles. The van der Waals surface area contributed by atoms with Crippen molar-refractivity contribution >= 4 is 22.6 Å². The summed E-state index contributed by atoms with van der Waals surface area (Å²) in [5, 5.41) is 0. The Balaban J connectivity index is 1.88. The molecule has 16 heavy (non-hydrogen) atoms. The van der Waals surface area contributed by atoms with Gasteiger partial charge in [0, 0.05) is 4.43 Å². The summed E-state index contributed by atoms with van der Waals surface area (Å²) in [6.45, 7) is 2.39. The van der Waals surface area contributed by atoms with Crippen molar-refractivity contribution in [1.29, 1.82) is 0 Å². The van der Waals surface area contributed by atoms with Crippen LogP contribution in [0.15, 0.2) is 0 Å². The van der Waals surface area contributed by atoms with Gasteiger partial charge in [0.15, 0.2) is 0 Å². The van der Waals surface area contributed by atoms with Crippen molar-refractivity contribution in [1.82, 2.24) is 0 Å². The first-order valence-corrected chi connectivity index (χ1v) is 8.50. The fourth-order valence-corrected chi connectivity index (χ4v) is 4.05. The van der Waals surface area contributed by atoms with Gasteiger partial charge in [-0.05, 0) is 44.4 Å². The summed E-state index contributed by atoms with van der Waals surface area (Å²) in [6.07, 6.45) is 12.7. The number of hydrogen-bond acceptors (Lipinski definition) is 1. The Morgan fingerprint density at radius 2 is 1.69 bits per heavy atom. The Morgan fingerprint density at radius 3 is 2.25 bits per heavy atom. The van der Waals surface area contributed by atoms with E-state index in [1.807, 2.05) is 0 Å². The van der Waals surface area contributed by atoms with Gasteiger partial charge in [-0.1, -0.05) is 48.8 Å². The predicted molar refractivity (Wildman–Crippen MR) is 77.2 cm³/mol. The first-order chi connectivity index (χ1) is 7.74. The maximum atomic E-state index is 6.51. The van der Waals surface area contributed by atoms with E-state index in [1.165, 1.54) is 62.2 Å². The lowest BCUT2D eigenvalue weighted by atomic mass is 9.80. The highest BCUT2D eigenvalue weighted by atomic mass is 127. The first kappa shape index (κ1) is 13.1. The van der Waals surface area contributed by atoms with Crippen molar-refractivity contribution in [2.75, 3.05) is 4.43 Å². The second-order valence-corrected chi connectivity index (χ2v) is 6.64. The quantitative estimate of drug-likeness (QED) is 0.535. The van der Waals surface area contributed by atoms with Gasteiger partial charge in [0.05, 0.1) is 11.7 Å². The minimum atomic E-state index is 0.245. The van der Waals surface area contributed by atoms with Gasteiger partial charge in [-0.3, -0.25) is 0 Å². The van der Waals surface area contributed by atoms with Crippen molar-refractivity contribution in [3.63, 3.8) is 0 Å². The Labute approximate surface area is 114 Å². The second kappa shape index (κ2) is 6.03. The summed E-state index contributed by atoms with van der Waals surface area (Å²) in [7, 11) is 0. The van der Waals surface area contributed by atoms with Crippen molar-refractivity contribution in [2.24, 2.45) is 5.92 Å². The summed E-state index contributed by atoms with van der Waals surface area (Å²) < 4.78 is 7.70. The molecule has 2 aliphatic rings. The lowest BCUT2D eigenvalue weighted by Crippen LogP contribution is -2.42. The van der Waals surface area contributed by atoms with E-state index in [0.29, 0.717) is 6.10 Å². The normalized spacial score (nSPS) is 37.5. The van der Waals surface area contributed by atoms with E-state index in [9.17, 15) is 0 Å². The van der Waals surface area contributed by atoms with Gasteiger partial charge in [0.1, 0.15) is 0 Å². The van der Waals surface area contributed by atoms with Gasteiger partial charge in [-0.15, -0.1) is 0 Å². The first-order valence-electron chi connectivity index (χ1n) is 6.98. The lowest BCUT2D eigenvalue weighted by Gasteiger charge is -2.41. The highest BCUT2D eigenvalue weighted by Gasteiger charge is 2.36. The highest BCUT2D eigenvalue weighted by Crippen LogP contribution is 2.38. The zero-order valence-corrected chi connectivity index (χ0v) is 12.7. The van der Waals surface area contributed by atoms with Crippen molar-refractivity contribution in [2.45, 2.75) is 76.4 Å². The van der Waals surface area contributed by atoms with Crippen LogP contribution in [0.25, 0.3) is 0 Å². The van der Waals surface area contributed by atoms with Crippen LogP contribution < -0.4 is 0 Å². The lowest BCUT2D eigenvalue weighted by molar-refractivity contribution is -0.112. The molecule has 2 heteroatoms. The minimum absolute atomic E-state index is 0.245. The average Bonchev–Trinajstić information content (AvgIpc) is 2.34. The van der Waals surface area contributed by atoms with Gasteiger partial charge in [0.25, 0.3) is 0 Å². The summed E-state index contributed by atoms with van der Waals surface area (Å²) in [5.74, 6) is 0.922. The Hall–Kier alpha value is 0.690. The monoisotopic (exact) mass is 336 g/mol. The molecule has 0 aromatic heterocycles. The molecule has 0 atom stereocenters. The summed E-state index contributed by atoms with van der Waals surface area (Å²) in [4.78, 5) is 0. The van der Waals surface area contributed by atoms with E-state index in [1.54, 1.807) is 0 Å². The van der Waals surface area contributed by atoms with Crippen LogP contribution in [0.4, 0.5) is 0 Å². The molecule has 0 radical (unpaired) electrons. The zero-order valence-electron chi connectivity index (χ0n) is 10.5. The van der Waals surface area contributed by atoms with E-state index in [-0.39, 0.29) is 5.60 Å². The topological polar surface area (TPSA) is 9.23 Å². The van der Waals surface area contributed by atoms with Crippen LogP contribution in [-0.2, 0) is 4.74 Å². The molecule has 0 bridgehead atoms. The van der Waals surface area contributed by atoms with Crippen molar-refractivity contribution < 1.29 is 4.74 Å². The number of halogens is 1. The highest BCUT2D eigenvalue weighted by molar-refractivity contribution is 14.1. The Bertz CT molecular complexity index is 203. The largest absolute Gasteiger partial charge is 0.371 e. The van der Waals surface area contributed by atoms with Crippen LogP contribution in [0.5, 0.6) is 0 Å².